The third kappa shape index (κ3) is 3.86. The van der Waals surface area contributed by atoms with E-state index in [9.17, 15) is 4.79 Å². The van der Waals surface area contributed by atoms with Crippen molar-refractivity contribution in [2.75, 3.05) is 51.6 Å². The van der Waals surface area contributed by atoms with Crippen molar-refractivity contribution in [2.45, 2.75) is 4.90 Å². The molecule has 0 N–H and O–H groups in total. The molecule has 4 rings (SSSR count). The Bertz CT molecular complexity index is 1030. The zero-order valence-electron chi connectivity index (χ0n) is 16.7. The van der Waals surface area contributed by atoms with Gasteiger partial charge in [-0.25, -0.2) is 4.98 Å². The Hall–Kier alpha value is -2.45. The molecule has 0 unspecified atom stereocenters. The number of thiazole rings is 1. The Morgan fingerprint density at radius 2 is 1.83 bits per heavy atom. The van der Waals surface area contributed by atoms with Crippen LogP contribution in [-0.2, 0) is 0 Å². The number of carbonyl (C=O) groups excluding carboxylic acids is 1. The van der Waals surface area contributed by atoms with Crippen LogP contribution in [0.3, 0.4) is 0 Å². The topological polar surface area (TPSA) is 54.9 Å². The van der Waals surface area contributed by atoms with Crippen LogP contribution < -0.4 is 14.4 Å². The number of benzene rings is 2. The van der Waals surface area contributed by atoms with Crippen LogP contribution in [0, 0.1) is 0 Å². The highest BCUT2D eigenvalue weighted by Crippen LogP contribution is 2.34. The van der Waals surface area contributed by atoms with Crippen LogP contribution in [-0.4, -0.2) is 62.4 Å². The summed E-state index contributed by atoms with van der Waals surface area (Å²) in [4.78, 5) is 23.2. The third-order valence-corrected chi connectivity index (χ3v) is 6.91. The summed E-state index contributed by atoms with van der Waals surface area (Å²) in [6.07, 6.45) is 2.08. The summed E-state index contributed by atoms with van der Waals surface area (Å²) >= 11 is 3.44. The molecule has 0 bridgehead atoms. The molecule has 1 saturated heterocycles. The second-order valence-corrected chi connectivity index (χ2v) is 8.51. The van der Waals surface area contributed by atoms with E-state index >= 15 is 0 Å². The maximum absolute atomic E-state index is 12.9. The van der Waals surface area contributed by atoms with Crippen LogP contribution in [0.25, 0.3) is 10.2 Å². The number of thioether (sulfide) groups is 1. The second kappa shape index (κ2) is 8.51. The molecular weight excluding hydrogens is 406 g/mol. The van der Waals surface area contributed by atoms with E-state index in [0.29, 0.717) is 30.2 Å². The van der Waals surface area contributed by atoms with Gasteiger partial charge in [0, 0.05) is 36.6 Å². The van der Waals surface area contributed by atoms with Gasteiger partial charge in [-0.05, 0) is 36.6 Å². The summed E-state index contributed by atoms with van der Waals surface area (Å²) in [5.41, 5.74) is 1.68. The molecule has 0 spiro atoms. The first kappa shape index (κ1) is 19.8. The van der Waals surface area contributed by atoms with Crippen LogP contribution >= 0.6 is 23.1 Å². The minimum absolute atomic E-state index is 0.0135. The summed E-state index contributed by atoms with van der Waals surface area (Å²) in [6, 6.07) is 11.6. The number of hydrogen-bond acceptors (Lipinski definition) is 7. The minimum Gasteiger partial charge on any atom is -0.493 e. The van der Waals surface area contributed by atoms with Crippen molar-refractivity contribution in [3.63, 3.8) is 0 Å². The number of para-hydroxylation sites is 1. The lowest BCUT2D eigenvalue weighted by Gasteiger charge is -2.34. The summed E-state index contributed by atoms with van der Waals surface area (Å²) < 4.78 is 11.8. The van der Waals surface area contributed by atoms with Crippen LogP contribution in [0.5, 0.6) is 11.5 Å². The van der Waals surface area contributed by atoms with Crippen LogP contribution in [0.4, 0.5) is 5.13 Å². The molecule has 1 amide bonds. The molecular formula is C21H23N3O3S2. The molecule has 8 heteroatoms. The molecule has 152 valence electrons. The van der Waals surface area contributed by atoms with Gasteiger partial charge >= 0.3 is 0 Å². The average Bonchev–Trinajstić information content (AvgIpc) is 3.22. The minimum atomic E-state index is 0.0135. The maximum atomic E-state index is 12.9. The Labute approximate surface area is 178 Å². The molecule has 0 aliphatic carbocycles. The van der Waals surface area contributed by atoms with E-state index in [2.05, 4.69) is 29.4 Å². The molecule has 0 saturated carbocycles. The highest BCUT2D eigenvalue weighted by molar-refractivity contribution is 7.98. The van der Waals surface area contributed by atoms with E-state index in [1.807, 2.05) is 4.90 Å². The van der Waals surface area contributed by atoms with Crippen molar-refractivity contribution >= 4 is 44.4 Å². The maximum Gasteiger partial charge on any atom is 0.254 e. The Morgan fingerprint density at radius 1 is 1.07 bits per heavy atom. The molecule has 0 radical (unpaired) electrons. The first-order valence-electron chi connectivity index (χ1n) is 9.34. The summed E-state index contributed by atoms with van der Waals surface area (Å²) in [5, 5.41) is 1.03. The summed E-state index contributed by atoms with van der Waals surface area (Å²) in [7, 11) is 3.16. The fraction of sp³-hybridized carbons (Fsp3) is 0.333. The first-order valence-corrected chi connectivity index (χ1v) is 11.4. The SMILES string of the molecule is COc1ccc(C(=O)N2CCN(c3nc4c(SC)cccc4s3)CC2)cc1OC. The van der Waals surface area contributed by atoms with E-state index in [0.717, 1.165) is 23.7 Å². The summed E-state index contributed by atoms with van der Waals surface area (Å²) in [5.74, 6) is 1.20. The second-order valence-electron chi connectivity index (χ2n) is 6.65. The van der Waals surface area contributed by atoms with Gasteiger partial charge in [-0.2, -0.15) is 0 Å². The lowest BCUT2D eigenvalue weighted by molar-refractivity contribution is 0.0746. The van der Waals surface area contributed by atoms with Crippen molar-refractivity contribution in [1.82, 2.24) is 9.88 Å². The molecule has 29 heavy (non-hydrogen) atoms. The van der Waals surface area contributed by atoms with Crippen molar-refractivity contribution < 1.29 is 14.3 Å². The number of carbonyl (C=O) groups is 1. The highest BCUT2D eigenvalue weighted by atomic mass is 32.2. The smallest absolute Gasteiger partial charge is 0.254 e. The molecule has 1 aliphatic heterocycles. The van der Waals surface area contributed by atoms with Crippen LogP contribution in [0.1, 0.15) is 10.4 Å². The van der Waals surface area contributed by atoms with Gasteiger partial charge in [-0.3, -0.25) is 4.79 Å². The monoisotopic (exact) mass is 429 g/mol. The van der Waals surface area contributed by atoms with Gasteiger partial charge in [0.2, 0.25) is 0 Å². The number of rotatable bonds is 5. The van der Waals surface area contributed by atoms with E-state index in [1.165, 1.54) is 9.60 Å². The standard InChI is InChI=1S/C21H23N3O3S2/c1-26-15-8-7-14(13-16(15)27-2)20(25)23-9-11-24(12-10-23)21-22-19-17(28-3)5-4-6-18(19)29-21/h4-8,13H,9-12H2,1-3H3. The average molecular weight is 430 g/mol. The number of nitrogens with zero attached hydrogens (tertiary/aromatic N) is 3. The number of fused-ring (bicyclic) bond motifs is 1. The fourth-order valence-electron chi connectivity index (χ4n) is 3.46. The number of aromatic nitrogens is 1. The number of piperazine rings is 1. The van der Waals surface area contributed by atoms with E-state index in [4.69, 9.17) is 14.5 Å². The molecule has 1 fully saturated rings. The Balaban J connectivity index is 1.46. The van der Waals surface area contributed by atoms with Crippen LogP contribution in [0.2, 0.25) is 0 Å². The zero-order chi connectivity index (χ0) is 20.4. The van der Waals surface area contributed by atoms with Crippen LogP contribution in [0.15, 0.2) is 41.3 Å². The van der Waals surface area contributed by atoms with Gasteiger partial charge in [0.25, 0.3) is 5.91 Å². The van der Waals surface area contributed by atoms with E-state index < -0.39 is 0 Å². The normalized spacial score (nSPS) is 14.3. The van der Waals surface area contributed by atoms with Crippen molar-refractivity contribution in [3.05, 3.63) is 42.0 Å². The molecule has 2 heterocycles. The van der Waals surface area contributed by atoms with Crippen molar-refractivity contribution in [1.29, 1.82) is 0 Å². The largest absolute Gasteiger partial charge is 0.493 e. The lowest BCUT2D eigenvalue weighted by Crippen LogP contribution is -2.48. The highest BCUT2D eigenvalue weighted by Gasteiger charge is 2.25. The first-order chi connectivity index (χ1) is 14.1. The van der Waals surface area contributed by atoms with E-state index in [1.54, 1.807) is 55.5 Å². The quantitative estimate of drug-likeness (QED) is 0.572. The predicted octanol–water partition coefficient (Wildman–Crippen LogP) is 4.00. The van der Waals surface area contributed by atoms with Gasteiger partial charge in [-0.1, -0.05) is 17.4 Å². The predicted molar refractivity (Wildman–Crippen MR) is 119 cm³/mol. The number of ether oxygens (including phenoxy) is 2. The van der Waals surface area contributed by atoms with Gasteiger partial charge in [-0.15, -0.1) is 11.8 Å². The number of methoxy groups -OCH3 is 2. The number of anilines is 1. The van der Waals surface area contributed by atoms with Crippen molar-refractivity contribution in [2.24, 2.45) is 0 Å². The molecule has 1 aromatic heterocycles. The molecule has 6 nitrogen and oxygen atoms in total. The van der Waals surface area contributed by atoms with Gasteiger partial charge < -0.3 is 19.3 Å². The molecule has 2 aromatic carbocycles. The van der Waals surface area contributed by atoms with Gasteiger partial charge in [0.1, 0.15) is 0 Å². The molecule has 3 aromatic rings. The fourth-order valence-corrected chi connectivity index (χ4v) is 5.14. The number of hydrogen-bond donors (Lipinski definition) is 0. The summed E-state index contributed by atoms with van der Waals surface area (Å²) in [6.45, 7) is 2.87. The Morgan fingerprint density at radius 3 is 2.52 bits per heavy atom. The molecule has 0 atom stereocenters. The third-order valence-electron chi connectivity index (χ3n) is 5.06. The molecule has 1 aliphatic rings. The number of amides is 1. The lowest BCUT2D eigenvalue weighted by atomic mass is 10.1. The Kier molecular flexibility index (Phi) is 5.82. The van der Waals surface area contributed by atoms with Crippen molar-refractivity contribution in [3.8, 4) is 11.5 Å². The van der Waals surface area contributed by atoms with E-state index in [-0.39, 0.29) is 5.91 Å². The van der Waals surface area contributed by atoms with Gasteiger partial charge in [0.15, 0.2) is 16.6 Å². The van der Waals surface area contributed by atoms with Gasteiger partial charge in [0.05, 0.1) is 24.4 Å². The zero-order valence-corrected chi connectivity index (χ0v) is 18.3.